The fourth-order valence-electron chi connectivity index (χ4n) is 6.57. The number of aromatic nitrogens is 2. The van der Waals surface area contributed by atoms with E-state index in [-0.39, 0.29) is 38.5 Å². The van der Waals surface area contributed by atoms with Gasteiger partial charge in [0.2, 0.25) is 17.7 Å². The van der Waals surface area contributed by atoms with E-state index in [1.54, 1.807) is 11.1 Å². The average Bonchev–Trinajstić information content (AvgIpc) is 3.65. The van der Waals surface area contributed by atoms with Crippen LogP contribution in [0.4, 0.5) is 0 Å². The van der Waals surface area contributed by atoms with Crippen LogP contribution in [0.3, 0.4) is 0 Å². The van der Waals surface area contributed by atoms with Gasteiger partial charge in [0.15, 0.2) is 0 Å². The van der Waals surface area contributed by atoms with E-state index in [1.807, 2.05) is 85.6 Å². The Labute approximate surface area is 306 Å². The van der Waals surface area contributed by atoms with Crippen molar-refractivity contribution in [3.8, 4) is 0 Å². The van der Waals surface area contributed by atoms with Crippen LogP contribution in [0.25, 0.3) is 10.8 Å². The molecule has 0 unspecified atom stereocenters. The van der Waals surface area contributed by atoms with E-state index in [9.17, 15) is 24.6 Å². The molecule has 2 aromatic carbocycles. The maximum Gasteiger partial charge on any atom is 0.247 e. The fraction of sp³-hybridized carbons (Fsp3) is 0.487. The molecule has 0 spiro atoms. The molecule has 2 heterocycles. The Kier molecular flexibility index (Phi) is 15.8. The third-order valence-corrected chi connectivity index (χ3v) is 9.30. The Balaban J connectivity index is 1.60. The fourth-order valence-corrected chi connectivity index (χ4v) is 6.57. The number of aliphatic hydroxyl groups is 2. The number of hydrogen-bond acceptors (Lipinski definition) is 9. The van der Waals surface area contributed by atoms with E-state index in [1.165, 1.54) is 6.33 Å². The number of nitrogens with zero attached hydrogens (tertiary/aromatic N) is 3. The van der Waals surface area contributed by atoms with Gasteiger partial charge in [0.05, 0.1) is 50.3 Å². The Morgan fingerprint density at radius 1 is 1.06 bits per heavy atom. The van der Waals surface area contributed by atoms with Crippen molar-refractivity contribution in [3.05, 3.63) is 90.7 Å². The number of unbranched alkanes of at least 4 members (excludes halogenated alkanes) is 1. The second-order valence-corrected chi connectivity index (χ2v) is 14.0. The molecule has 3 aromatic rings. The molecule has 282 valence electrons. The summed E-state index contributed by atoms with van der Waals surface area (Å²) >= 11 is 0. The van der Waals surface area contributed by atoms with Crippen LogP contribution in [0.1, 0.15) is 57.2 Å². The summed E-state index contributed by atoms with van der Waals surface area (Å²) in [5.41, 5.74) is 13.7. The quantitative estimate of drug-likeness (QED) is 0.0806. The normalized spacial score (nSPS) is 15.6. The van der Waals surface area contributed by atoms with Crippen LogP contribution < -0.4 is 22.1 Å². The summed E-state index contributed by atoms with van der Waals surface area (Å²) in [4.78, 5) is 52.5. The average molecular weight is 717 g/mol. The number of H-pyrrole nitrogens is 1. The van der Waals surface area contributed by atoms with Crippen molar-refractivity contribution < 1.29 is 24.6 Å². The summed E-state index contributed by atoms with van der Waals surface area (Å²) in [6.07, 6.45) is 12.0. The number of allylic oxidation sites excluding steroid dienone is 2. The first-order valence-electron chi connectivity index (χ1n) is 18.3. The Morgan fingerprint density at radius 2 is 1.85 bits per heavy atom. The van der Waals surface area contributed by atoms with Gasteiger partial charge in [-0.3, -0.25) is 14.4 Å². The lowest BCUT2D eigenvalue weighted by Crippen LogP contribution is -2.60. The zero-order valence-corrected chi connectivity index (χ0v) is 30.4. The summed E-state index contributed by atoms with van der Waals surface area (Å²) in [6, 6.07) is 10.5. The SMILES string of the molecule is CC(C)C[C@@H]([C@@H](O)CC(=O)N[C@H](CO)CCCCN)N(CN1C=CC=CC1)C(=O)[C@H](Cc1cnc[nH]1)NC(=O)[C@@H](N)Cc1cccc2ccccc12. The minimum absolute atomic E-state index is 0.0472. The number of aromatic amines is 1. The third kappa shape index (κ3) is 12.0. The van der Waals surface area contributed by atoms with Crippen LogP contribution in [-0.4, -0.2) is 104 Å². The van der Waals surface area contributed by atoms with Crippen molar-refractivity contribution in [2.75, 3.05) is 26.4 Å². The molecule has 13 nitrogen and oxygen atoms in total. The number of imidazole rings is 1. The highest BCUT2D eigenvalue weighted by atomic mass is 16.3. The van der Waals surface area contributed by atoms with Gasteiger partial charge in [-0.1, -0.05) is 74.9 Å². The first kappa shape index (κ1) is 40.2. The molecule has 0 bridgehead atoms. The maximum atomic E-state index is 14.8. The Morgan fingerprint density at radius 3 is 2.54 bits per heavy atom. The van der Waals surface area contributed by atoms with Gasteiger partial charge >= 0.3 is 0 Å². The molecule has 5 atom stereocenters. The van der Waals surface area contributed by atoms with Crippen molar-refractivity contribution in [1.82, 2.24) is 30.4 Å². The topological polar surface area (TPSA) is 203 Å². The van der Waals surface area contributed by atoms with Crippen molar-refractivity contribution in [2.24, 2.45) is 17.4 Å². The highest BCUT2D eigenvalue weighted by molar-refractivity contribution is 5.91. The van der Waals surface area contributed by atoms with Gasteiger partial charge < -0.3 is 47.1 Å². The highest BCUT2D eigenvalue weighted by Crippen LogP contribution is 2.22. The smallest absolute Gasteiger partial charge is 0.247 e. The first-order valence-corrected chi connectivity index (χ1v) is 18.3. The lowest BCUT2D eigenvalue weighted by atomic mass is 9.94. The van der Waals surface area contributed by atoms with Gasteiger partial charge in [-0.25, -0.2) is 4.98 Å². The summed E-state index contributed by atoms with van der Waals surface area (Å²) in [6.45, 7) is 4.89. The molecule has 0 fully saturated rings. The van der Waals surface area contributed by atoms with Crippen LogP contribution in [0.2, 0.25) is 0 Å². The highest BCUT2D eigenvalue weighted by Gasteiger charge is 2.37. The zero-order chi connectivity index (χ0) is 37.5. The number of nitrogens with two attached hydrogens (primary N) is 2. The van der Waals surface area contributed by atoms with Crippen molar-refractivity contribution in [2.45, 2.75) is 89.1 Å². The molecule has 1 aliphatic rings. The van der Waals surface area contributed by atoms with Crippen LogP contribution in [0.15, 0.2) is 79.4 Å². The number of carbonyl (C=O) groups excluding carboxylic acids is 3. The molecule has 1 aromatic heterocycles. The van der Waals surface area contributed by atoms with Crippen LogP contribution in [0.5, 0.6) is 0 Å². The number of amides is 3. The zero-order valence-electron chi connectivity index (χ0n) is 30.4. The second kappa shape index (κ2) is 20.5. The number of benzene rings is 2. The standard InChI is InChI=1S/C39H56N8O5/c1-27(2)19-35(36(49)22-37(50)44-30(24-48)14-6-7-16-40)47(26-46-17-8-3-9-18-46)39(52)34(21-31-23-42-25-43-31)45-38(51)33(41)20-29-13-10-12-28-11-4-5-15-32(28)29/h3-5,8-13,15,17,23,25,27,30,33-36,48-49H,6-7,14,16,18-22,24,26,40-41H2,1-2H3,(H,42,43)(H,44,50)(H,45,51)/t30-,33-,34-,35-,36-/m0/s1. The van der Waals surface area contributed by atoms with E-state index in [2.05, 4.69) is 20.6 Å². The molecule has 0 aliphatic carbocycles. The molecule has 13 heteroatoms. The Bertz CT molecular complexity index is 1620. The van der Waals surface area contributed by atoms with Crippen LogP contribution in [-0.2, 0) is 27.2 Å². The van der Waals surface area contributed by atoms with E-state index in [0.29, 0.717) is 31.6 Å². The number of carbonyl (C=O) groups is 3. The van der Waals surface area contributed by atoms with E-state index in [0.717, 1.165) is 29.2 Å². The van der Waals surface area contributed by atoms with Crippen molar-refractivity contribution in [3.63, 3.8) is 0 Å². The molecule has 0 saturated heterocycles. The van der Waals surface area contributed by atoms with Crippen molar-refractivity contribution >= 4 is 28.5 Å². The maximum absolute atomic E-state index is 14.8. The molecule has 0 saturated carbocycles. The molecular formula is C39H56N8O5. The predicted molar refractivity (Wildman–Crippen MR) is 202 cm³/mol. The first-order chi connectivity index (χ1) is 25.1. The van der Waals surface area contributed by atoms with Gasteiger partial charge in [-0.15, -0.1) is 0 Å². The Hall–Kier alpha value is -4.56. The monoisotopic (exact) mass is 716 g/mol. The minimum Gasteiger partial charge on any atom is -0.394 e. The van der Waals surface area contributed by atoms with Crippen LogP contribution >= 0.6 is 0 Å². The summed E-state index contributed by atoms with van der Waals surface area (Å²) in [7, 11) is 0. The molecule has 52 heavy (non-hydrogen) atoms. The molecular weight excluding hydrogens is 660 g/mol. The second-order valence-electron chi connectivity index (χ2n) is 14.0. The van der Waals surface area contributed by atoms with E-state index >= 15 is 0 Å². The van der Waals surface area contributed by atoms with Gasteiger partial charge in [-0.05, 0) is 60.6 Å². The van der Waals surface area contributed by atoms with E-state index < -0.39 is 48.0 Å². The van der Waals surface area contributed by atoms with E-state index in [4.69, 9.17) is 11.5 Å². The number of hydrogen-bond donors (Lipinski definition) is 7. The predicted octanol–water partition coefficient (Wildman–Crippen LogP) is 2.10. The minimum atomic E-state index is -1.24. The van der Waals surface area contributed by atoms with Gasteiger partial charge in [0.25, 0.3) is 0 Å². The number of nitrogens with one attached hydrogen (secondary N) is 3. The molecule has 9 N–H and O–H groups in total. The van der Waals surface area contributed by atoms with Gasteiger partial charge in [-0.2, -0.15) is 0 Å². The largest absolute Gasteiger partial charge is 0.394 e. The number of aliphatic hydroxyl groups excluding tert-OH is 2. The summed E-state index contributed by atoms with van der Waals surface area (Å²) < 4.78 is 0. The van der Waals surface area contributed by atoms with Gasteiger partial charge in [0, 0.05) is 31.1 Å². The molecule has 4 rings (SSSR count). The third-order valence-electron chi connectivity index (χ3n) is 9.30. The lowest BCUT2D eigenvalue weighted by Gasteiger charge is -2.40. The van der Waals surface area contributed by atoms with Gasteiger partial charge in [0.1, 0.15) is 6.04 Å². The van der Waals surface area contributed by atoms with Crippen molar-refractivity contribution in [1.29, 1.82) is 0 Å². The number of rotatable bonds is 21. The lowest BCUT2D eigenvalue weighted by molar-refractivity contribution is -0.144. The summed E-state index contributed by atoms with van der Waals surface area (Å²) in [5.74, 6) is -1.30. The molecule has 3 amide bonds. The number of fused-ring (bicyclic) bond motifs is 1. The van der Waals surface area contributed by atoms with Crippen LogP contribution in [0, 0.1) is 5.92 Å². The molecule has 0 radical (unpaired) electrons. The summed E-state index contributed by atoms with van der Waals surface area (Å²) in [5, 5.41) is 29.4. The molecule has 1 aliphatic heterocycles.